The van der Waals surface area contributed by atoms with Gasteiger partial charge in [-0.05, 0) is 49.2 Å². The molecule has 0 bridgehead atoms. The van der Waals surface area contributed by atoms with Gasteiger partial charge in [0.25, 0.3) is 0 Å². The number of anilines is 1. The second kappa shape index (κ2) is 5.58. The smallest absolute Gasteiger partial charge is 0.148 e. The van der Waals surface area contributed by atoms with Crippen molar-refractivity contribution < 1.29 is 4.39 Å². The van der Waals surface area contributed by atoms with Gasteiger partial charge in [-0.2, -0.15) is 0 Å². The van der Waals surface area contributed by atoms with E-state index in [0.29, 0.717) is 5.56 Å². The van der Waals surface area contributed by atoms with Gasteiger partial charge in [0.15, 0.2) is 0 Å². The van der Waals surface area contributed by atoms with E-state index in [9.17, 15) is 4.39 Å². The lowest BCUT2D eigenvalue weighted by molar-refractivity contribution is 0.618. The molecule has 0 aliphatic carbocycles. The number of halogens is 1. The predicted molar refractivity (Wildman–Crippen MR) is 70.9 cm³/mol. The third-order valence-electron chi connectivity index (χ3n) is 2.67. The molecule has 1 heterocycles. The Morgan fingerprint density at radius 3 is 2.61 bits per heavy atom. The van der Waals surface area contributed by atoms with Crippen molar-refractivity contribution in [1.29, 1.82) is 0 Å². The van der Waals surface area contributed by atoms with Gasteiger partial charge in [0.2, 0.25) is 0 Å². The molecule has 18 heavy (non-hydrogen) atoms. The molecule has 0 fully saturated rings. The first kappa shape index (κ1) is 12.5. The van der Waals surface area contributed by atoms with E-state index in [-0.39, 0.29) is 5.82 Å². The molecule has 3 nitrogen and oxygen atoms in total. The van der Waals surface area contributed by atoms with Gasteiger partial charge in [-0.3, -0.25) is 0 Å². The molecular weight excluding hydrogens is 229 g/mol. The molecule has 0 aliphatic heterocycles. The first-order chi connectivity index (χ1) is 8.70. The molecule has 1 N–H and O–H groups in total. The Labute approximate surface area is 106 Å². The monoisotopic (exact) mass is 245 g/mol. The van der Waals surface area contributed by atoms with Gasteiger partial charge < -0.3 is 5.32 Å². The van der Waals surface area contributed by atoms with E-state index in [1.165, 1.54) is 6.07 Å². The first-order valence-electron chi connectivity index (χ1n) is 6.05. The number of benzene rings is 1. The summed E-state index contributed by atoms with van der Waals surface area (Å²) in [5.41, 5.74) is 2.24. The minimum atomic E-state index is -0.201. The third kappa shape index (κ3) is 2.83. The summed E-state index contributed by atoms with van der Waals surface area (Å²) in [4.78, 5) is 0. The lowest BCUT2D eigenvalue weighted by Crippen LogP contribution is -2.02. The van der Waals surface area contributed by atoms with Gasteiger partial charge in [-0.1, -0.05) is 6.92 Å². The highest BCUT2D eigenvalue weighted by molar-refractivity contribution is 5.60. The minimum Gasteiger partial charge on any atom is -0.369 e. The zero-order valence-electron chi connectivity index (χ0n) is 10.6. The summed E-state index contributed by atoms with van der Waals surface area (Å²) in [6.07, 6.45) is 1.04. The van der Waals surface area contributed by atoms with Crippen LogP contribution in [0.3, 0.4) is 0 Å². The molecule has 2 aromatic rings. The SMILES string of the molecule is CCCNc1ccc(-c2ccc(F)c(C)c2)nn1. The van der Waals surface area contributed by atoms with Gasteiger partial charge in [-0.15, -0.1) is 10.2 Å². The molecule has 94 valence electrons. The van der Waals surface area contributed by atoms with Crippen molar-refractivity contribution in [2.45, 2.75) is 20.3 Å². The lowest BCUT2D eigenvalue weighted by atomic mass is 10.1. The van der Waals surface area contributed by atoms with Crippen LogP contribution in [0.5, 0.6) is 0 Å². The van der Waals surface area contributed by atoms with Crippen LogP contribution in [0.4, 0.5) is 10.2 Å². The molecule has 0 unspecified atom stereocenters. The number of nitrogens with one attached hydrogen (secondary N) is 1. The van der Waals surface area contributed by atoms with Crippen molar-refractivity contribution in [3.63, 3.8) is 0 Å². The molecule has 0 saturated carbocycles. The van der Waals surface area contributed by atoms with Crippen molar-refractivity contribution in [3.8, 4) is 11.3 Å². The summed E-state index contributed by atoms with van der Waals surface area (Å²) in [6.45, 7) is 4.71. The van der Waals surface area contributed by atoms with Crippen molar-refractivity contribution in [3.05, 3.63) is 41.7 Å². The van der Waals surface area contributed by atoms with Crippen molar-refractivity contribution >= 4 is 5.82 Å². The van der Waals surface area contributed by atoms with Gasteiger partial charge in [0.1, 0.15) is 11.6 Å². The van der Waals surface area contributed by atoms with Crippen LogP contribution < -0.4 is 5.32 Å². The fraction of sp³-hybridized carbons (Fsp3) is 0.286. The number of nitrogens with zero attached hydrogens (tertiary/aromatic N) is 2. The molecule has 1 aromatic carbocycles. The summed E-state index contributed by atoms with van der Waals surface area (Å²) in [5.74, 6) is 0.562. The fourth-order valence-corrected chi connectivity index (χ4v) is 1.64. The zero-order chi connectivity index (χ0) is 13.0. The summed E-state index contributed by atoms with van der Waals surface area (Å²) < 4.78 is 13.2. The molecule has 4 heteroatoms. The highest BCUT2D eigenvalue weighted by Crippen LogP contribution is 2.19. The Morgan fingerprint density at radius 1 is 1.17 bits per heavy atom. The molecule has 0 atom stereocenters. The molecule has 0 aliphatic rings. The molecule has 0 saturated heterocycles. The number of rotatable bonds is 4. The highest BCUT2D eigenvalue weighted by Gasteiger charge is 2.03. The van der Waals surface area contributed by atoms with E-state index >= 15 is 0 Å². The van der Waals surface area contributed by atoms with E-state index < -0.39 is 0 Å². The predicted octanol–water partition coefficient (Wildman–Crippen LogP) is 3.41. The number of aromatic nitrogens is 2. The van der Waals surface area contributed by atoms with Gasteiger partial charge in [0.05, 0.1) is 5.69 Å². The maximum atomic E-state index is 13.2. The van der Waals surface area contributed by atoms with Gasteiger partial charge >= 0.3 is 0 Å². The standard InChI is InChI=1S/C14H16FN3/c1-3-8-16-14-7-6-13(17-18-14)11-4-5-12(15)10(2)9-11/h4-7,9H,3,8H2,1-2H3,(H,16,18). The average molecular weight is 245 g/mol. The van der Waals surface area contributed by atoms with Crippen LogP contribution in [0, 0.1) is 12.7 Å². The van der Waals surface area contributed by atoms with Crippen LogP contribution in [-0.4, -0.2) is 16.7 Å². The van der Waals surface area contributed by atoms with Gasteiger partial charge in [0, 0.05) is 12.1 Å². The second-order valence-corrected chi connectivity index (χ2v) is 4.19. The third-order valence-corrected chi connectivity index (χ3v) is 2.67. The molecule has 1 aromatic heterocycles. The van der Waals surface area contributed by atoms with Crippen LogP contribution in [0.1, 0.15) is 18.9 Å². The molecule has 2 rings (SSSR count). The summed E-state index contributed by atoms with van der Waals surface area (Å²) in [7, 11) is 0. The average Bonchev–Trinajstić information content (AvgIpc) is 2.40. The van der Waals surface area contributed by atoms with Crippen LogP contribution in [-0.2, 0) is 0 Å². The summed E-state index contributed by atoms with van der Waals surface area (Å²) >= 11 is 0. The summed E-state index contributed by atoms with van der Waals surface area (Å²) in [6, 6.07) is 8.72. The quantitative estimate of drug-likeness (QED) is 0.897. The van der Waals surface area contributed by atoms with Crippen LogP contribution in [0.25, 0.3) is 11.3 Å². The van der Waals surface area contributed by atoms with Crippen LogP contribution in [0.2, 0.25) is 0 Å². The summed E-state index contributed by atoms with van der Waals surface area (Å²) in [5, 5.41) is 11.4. The van der Waals surface area contributed by atoms with Crippen molar-refractivity contribution in [2.24, 2.45) is 0 Å². The van der Waals surface area contributed by atoms with Crippen LogP contribution >= 0.6 is 0 Å². The lowest BCUT2D eigenvalue weighted by Gasteiger charge is -2.05. The van der Waals surface area contributed by atoms with Gasteiger partial charge in [-0.25, -0.2) is 4.39 Å². The Morgan fingerprint density at radius 2 is 2.00 bits per heavy atom. The minimum absolute atomic E-state index is 0.201. The van der Waals surface area contributed by atoms with E-state index in [0.717, 1.165) is 30.0 Å². The molecular formula is C14H16FN3. The van der Waals surface area contributed by atoms with E-state index in [2.05, 4.69) is 22.4 Å². The number of hydrogen-bond acceptors (Lipinski definition) is 3. The normalized spacial score (nSPS) is 10.4. The van der Waals surface area contributed by atoms with Crippen molar-refractivity contribution in [2.75, 3.05) is 11.9 Å². The van der Waals surface area contributed by atoms with Crippen LogP contribution in [0.15, 0.2) is 30.3 Å². The van der Waals surface area contributed by atoms with Crippen molar-refractivity contribution in [1.82, 2.24) is 10.2 Å². The molecule has 0 amide bonds. The number of aryl methyl sites for hydroxylation is 1. The Hall–Kier alpha value is -1.97. The van der Waals surface area contributed by atoms with E-state index in [4.69, 9.17) is 0 Å². The highest BCUT2D eigenvalue weighted by atomic mass is 19.1. The zero-order valence-corrected chi connectivity index (χ0v) is 10.6. The fourth-order valence-electron chi connectivity index (χ4n) is 1.64. The number of hydrogen-bond donors (Lipinski definition) is 1. The Kier molecular flexibility index (Phi) is 3.87. The topological polar surface area (TPSA) is 37.8 Å². The maximum Gasteiger partial charge on any atom is 0.148 e. The second-order valence-electron chi connectivity index (χ2n) is 4.19. The maximum absolute atomic E-state index is 13.2. The molecule has 0 spiro atoms. The Bertz CT molecular complexity index is 523. The largest absolute Gasteiger partial charge is 0.369 e. The van der Waals surface area contributed by atoms with E-state index in [1.807, 2.05) is 12.1 Å². The van der Waals surface area contributed by atoms with E-state index in [1.54, 1.807) is 19.1 Å². The first-order valence-corrected chi connectivity index (χ1v) is 6.05. The molecule has 0 radical (unpaired) electrons. The Balaban J connectivity index is 2.20.